The summed E-state index contributed by atoms with van der Waals surface area (Å²) in [4.78, 5) is 10.2. The molecule has 0 saturated carbocycles. The third kappa shape index (κ3) is 88.2. The molecule has 9 heteroatoms. The molecule has 0 aliphatic rings. The van der Waals surface area contributed by atoms with E-state index in [1.165, 1.54) is 0 Å². The molecule has 0 aliphatic heterocycles. The Morgan fingerprint density at radius 1 is 0.515 bits per heavy atom. The minimum Gasteiger partial charge on any atom is -0.391 e. The summed E-state index contributed by atoms with van der Waals surface area (Å²) in [5.41, 5.74) is -1.50. The molecule has 0 aromatic heterocycles. The maximum atomic E-state index is 10.2. The third-order valence-corrected chi connectivity index (χ3v) is 4.05. The normalized spacial score (nSPS) is 11.6. The number of hydrogen-bond donors (Lipinski definition) is 4. The summed E-state index contributed by atoms with van der Waals surface area (Å²) in [6, 6.07) is 0. The van der Waals surface area contributed by atoms with Crippen LogP contribution >= 0.6 is 0 Å². The van der Waals surface area contributed by atoms with E-state index < -0.39 is 25.9 Å². The molecule has 0 bridgehead atoms. The molecule has 33 heavy (non-hydrogen) atoms. The Balaban J connectivity index is -0.000000133. The quantitative estimate of drug-likeness (QED) is 0.201. The number of hydrogen-bond acceptors (Lipinski definition) is 7. The van der Waals surface area contributed by atoms with Crippen LogP contribution in [0.25, 0.3) is 0 Å². The minimum absolute atomic E-state index is 0. The molecule has 0 heterocycles. The van der Waals surface area contributed by atoms with Gasteiger partial charge >= 0.3 is 9.05 Å². The summed E-state index contributed by atoms with van der Waals surface area (Å²) in [5.74, 6) is 0. The summed E-state index contributed by atoms with van der Waals surface area (Å²) in [7, 11) is -3.36. The third-order valence-electron chi connectivity index (χ3n) is 2.35. The summed E-state index contributed by atoms with van der Waals surface area (Å²) in [6.07, 6.45) is 5.87. The Morgan fingerprint density at radius 2 is 0.667 bits per heavy atom. The van der Waals surface area contributed by atoms with Crippen LogP contribution in [0.4, 0.5) is 0 Å². The van der Waals surface area contributed by atoms with Crippen LogP contribution in [-0.4, -0.2) is 65.8 Å². The Hall–Kier alpha value is 0.651. The van der Waals surface area contributed by atoms with Crippen LogP contribution in [0.1, 0.15) is 122 Å². The van der Waals surface area contributed by atoms with Crippen LogP contribution in [0.2, 0.25) is 0 Å². The first kappa shape index (κ1) is 43.7. The predicted octanol–water partition coefficient (Wildman–Crippen LogP) is 5.19. The minimum atomic E-state index is -3.36. The van der Waals surface area contributed by atoms with Gasteiger partial charge in [-0.25, -0.2) is 0 Å². The zero-order valence-corrected chi connectivity index (χ0v) is 26.4. The van der Waals surface area contributed by atoms with Crippen molar-refractivity contribution in [3.05, 3.63) is 0 Å². The molecule has 0 atom stereocenters. The van der Waals surface area contributed by atoms with Gasteiger partial charge in [-0.05, 0) is 81.6 Å². The largest absolute Gasteiger partial charge is 0.676 e. The van der Waals surface area contributed by atoms with Gasteiger partial charge in [0.1, 0.15) is 0 Å². The molecule has 0 aliphatic carbocycles. The molecule has 0 aromatic rings. The molecule has 0 rings (SSSR count). The van der Waals surface area contributed by atoms with Gasteiger partial charge in [0.2, 0.25) is 0 Å². The van der Waals surface area contributed by atoms with E-state index in [1.54, 1.807) is 62.3 Å². The molecule has 0 saturated heterocycles. The summed E-state index contributed by atoms with van der Waals surface area (Å²) < 4.78 is 16.2. The van der Waals surface area contributed by atoms with Crippen LogP contribution in [-0.2, 0) is 35.0 Å². The van der Waals surface area contributed by atoms with Gasteiger partial charge in [0.05, 0.1) is 16.8 Å². The van der Waals surface area contributed by atoms with Crippen molar-refractivity contribution in [3.63, 3.8) is 0 Å². The zero-order chi connectivity index (χ0) is 26.5. The predicted molar refractivity (Wildman–Crippen MR) is 136 cm³/mol. The molecular weight excluding hydrogens is 476 g/mol. The Morgan fingerprint density at radius 3 is 0.788 bits per heavy atom. The van der Waals surface area contributed by atoms with Gasteiger partial charge in [-0.3, -0.25) is 0 Å². The second kappa shape index (κ2) is 24.4. The number of aliphatic hydroxyl groups is 3. The van der Waals surface area contributed by atoms with E-state index >= 15 is 0 Å². The van der Waals surface area contributed by atoms with E-state index in [-0.39, 0.29) is 21.7 Å². The Bertz CT molecular complexity index is 305. The van der Waals surface area contributed by atoms with Gasteiger partial charge in [0.15, 0.2) is 0 Å². The number of unbranched alkanes of at least 4 members (excludes halogenated alkanes) is 3. The first-order valence-electron chi connectivity index (χ1n) is 12.0. The second-order valence-corrected chi connectivity index (χ2v) is 12.6. The van der Waals surface area contributed by atoms with Crippen LogP contribution in [0.15, 0.2) is 0 Å². The standard InChI is InChI=1S/C12H28O4Si.3C4H10O.Ti/c1-4-7-10-14-17(13,15-11-8-5-2)16-12-9-6-3;3*1-4(2,3)5;/h13H,4-12H2,1-3H3;3*5H,1-3H3;. The van der Waals surface area contributed by atoms with Crippen molar-refractivity contribution in [1.82, 2.24) is 0 Å². The molecule has 4 N–H and O–H groups in total. The Labute approximate surface area is 222 Å². The van der Waals surface area contributed by atoms with Crippen molar-refractivity contribution < 1.29 is 55.1 Å². The second-order valence-electron chi connectivity index (χ2n) is 10.6. The molecule has 0 unspecified atom stereocenters. The van der Waals surface area contributed by atoms with Gasteiger partial charge in [-0.2, -0.15) is 0 Å². The fourth-order valence-corrected chi connectivity index (χ4v) is 2.62. The van der Waals surface area contributed by atoms with E-state index in [0.29, 0.717) is 19.8 Å². The molecule has 0 fully saturated rings. The first-order chi connectivity index (χ1) is 14.2. The van der Waals surface area contributed by atoms with Gasteiger partial charge in [-0.15, -0.1) is 0 Å². The van der Waals surface area contributed by atoms with Gasteiger partial charge in [0, 0.05) is 41.5 Å². The van der Waals surface area contributed by atoms with Crippen LogP contribution < -0.4 is 0 Å². The average Bonchev–Trinajstić information content (AvgIpc) is 2.51. The monoisotopic (exact) mass is 534 g/mol. The van der Waals surface area contributed by atoms with Gasteiger partial charge < -0.3 is 33.4 Å². The zero-order valence-electron chi connectivity index (χ0n) is 23.9. The van der Waals surface area contributed by atoms with Gasteiger partial charge in [-0.1, -0.05) is 40.0 Å². The van der Waals surface area contributed by atoms with E-state index in [4.69, 9.17) is 28.6 Å². The summed E-state index contributed by atoms with van der Waals surface area (Å²) in [5, 5.41) is 25.6. The smallest absolute Gasteiger partial charge is 0.391 e. The Kier molecular flexibility index (Phi) is 32.2. The maximum Gasteiger partial charge on any atom is 0.676 e. The van der Waals surface area contributed by atoms with Crippen molar-refractivity contribution in [2.45, 2.75) is 138 Å². The molecule has 0 aromatic carbocycles. The molecule has 204 valence electrons. The van der Waals surface area contributed by atoms with E-state index in [1.807, 2.05) is 0 Å². The molecule has 0 amide bonds. The SMILES string of the molecule is CC(C)(C)O.CC(C)(C)O.CC(C)(C)O.CCCCO[Si](O)(OCCCC)OCCCC.[Ti]. The van der Waals surface area contributed by atoms with Crippen LogP contribution in [0.5, 0.6) is 0 Å². The van der Waals surface area contributed by atoms with Crippen molar-refractivity contribution in [2.75, 3.05) is 19.8 Å². The van der Waals surface area contributed by atoms with Crippen molar-refractivity contribution in [3.8, 4) is 0 Å². The fraction of sp³-hybridized carbons (Fsp3) is 1.00. The van der Waals surface area contributed by atoms with Crippen molar-refractivity contribution >= 4 is 9.05 Å². The molecular formula is C24H58O7SiTi. The van der Waals surface area contributed by atoms with E-state index in [2.05, 4.69) is 20.8 Å². The average molecular weight is 535 g/mol. The fourth-order valence-electron chi connectivity index (χ4n) is 1.16. The van der Waals surface area contributed by atoms with Crippen LogP contribution in [0.3, 0.4) is 0 Å². The van der Waals surface area contributed by atoms with Crippen molar-refractivity contribution in [1.29, 1.82) is 0 Å². The van der Waals surface area contributed by atoms with Crippen molar-refractivity contribution in [2.24, 2.45) is 0 Å². The topological polar surface area (TPSA) is 109 Å². The molecule has 0 radical (unpaired) electrons. The summed E-state index contributed by atoms with van der Waals surface area (Å²) >= 11 is 0. The van der Waals surface area contributed by atoms with Crippen LogP contribution in [0, 0.1) is 0 Å². The van der Waals surface area contributed by atoms with E-state index in [9.17, 15) is 4.80 Å². The molecule has 7 nitrogen and oxygen atoms in total. The summed E-state index contributed by atoms with van der Waals surface area (Å²) in [6.45, 7) is 23.5. The number of rotatable bonds is 12. The maximum absolute atomic E-state index is 10.2. The first-order valence-corrected chi connectivity index (χ1v) is 13.7. The molecule has 0 spiro atoms. The van der Waals surface area contributed by atoms with E-state index in [0.717, 1.165) is 38.5 Å². The van der Waals surface area contributed by atoms with Gasteiger partial charge in [0.25, 0.3) is 0 Å².